The van der Waals surface area contributed by atoms with E-state index in [0.717, 1.165) is 22.6 Å². The highest BCUT2D eigenvalue weighted by Gasteiger charge is 2.15. The monoisotopic (exact) mass is 377 g/mol. The number of benzene rings is 1. The lowest BCUT2D eigenvalue weighted by molar-refractivity contribution is -0.385. The number of rotatable bonds is 6. The number of hydrazone groups is 1. The second-order valence-electron chi connectivity index (χ2n) is 6.23. The summed E-state index contributed by atoms with van der Waals surface area (Å²) in [5, 5.41) is 15.0. The zero-order chi connectivity index (χ0) is 20.1. The molecule has 0 bridgehead atoms. The van der Waals surface area contributed by atoms with Crippen molar-refractivity contribution in [1.29, 1.82) is 0 Å². The van der Waals surface area contributed by atoms with Crippen LogP contribution in [0.3, 0.4) is 0 Å². The van der Waals surface area contributed by atoms with Crippen LogP contribution in [0.2, 0.25) is 0 Å². The van der Waals surface area contributed by atoms with Gasteiger partial charge in [-0.15, -0.1) is 0 Å². The molecule has 0 aliphatic rings. The Morgan fingerprint density at radius 2 is 2.07 bits per heavy atom. The van der Waals surface area contributed by atoms with Gasteiger partial charge in [-0.05, 0) is 32.0 Å². The Hall–Kier alpha value is -3.81. The van der Waals surface area contributed by atoms with Crippen LogP contribution >= 0.6 is 0 Å². The molecule has 142 valence electrons. The quantitative estimate of drug-likeness (QED) is 0.405. The van der Waals surface area contributed by atoms with Crippen LogP contribution in [0.25, 0.3) is 5.69 Å². The zero-order valence-electron chi connectivity index (χ0n) is 15.5. The summed E-state index contributed by atoms with van der Waals surface area (Å²) in [5.41, 5.74) is 6.46. The Morgan fingerprint density at radius 3 is 2.79 bits per heavy atom. The fourth-order valence-electron chi connectivity index (χ4n) is 3.03. The van der Waals surface area contributed by atoms with E-state index < -0.39 is 10.8 Å². The van der Waals surface area contributed by atoms with Crippen molar-refractivity contribution in [2.24, 2.45) is 5.10 Å². The van der Waals surface area contributed by atoms with Crippen LogP contribution in [-0.2, 0) is 11.2 Å². The van der Waals surface area contributed by atoms with E-state index in [1.165, 1.54) is 6.07 Å². The van der Waals surface area contributed by atoms with Crippen molar-refractivity contribution < 1.29 is 9.72 Å². The average Bonchev–Trinajstić information content (AvgIpc) is 2.96. The number of pyridine rings is 1. The summed E-state index contributed by atoms with van der Waals surface area (Å²) >= 11 is 0. The Morgan fingerprint density at radius 1 is 1.29 bits per heavy atom. The third-order valence-electron chi connectivity index (χ3n) is 4.31. The minimum Gasteiger partial charge on any atom is -0.316 e. The molecule has 0 spiro atoms. The zero-order valence-corrected chi connectivity index (χ0v) is 15.5. The van der Waals surface area contributed by atoms with Gasteiger partial charge in [-0.1, -0.05) is 18.2 Å². The third kappa shape index (κ3) is 4.12. The standard InChI is InChI=1S/C20H19N5O3/c1-14-10-17(15(2)24(14)18-7-5-9-21-13-18)12-22-23-20(26)11-16-6-3-4-8-19(16)25(27)28/h3-10,12-13H,11H2,1-2H3,(H,23,26)/b22-12+. The molecular formula is C20H19N5O3. The van der Waals surface area contributed by atoms with E-state index in [1.807, 2.05) is 36.6 Å². The van der Waals surface area contributed by atoms with Gasteiger partial charge in [0.2, 0.25) is 5.91 Å². The first-order valence-electron chi connectivity index (χ1n) is 8.61. The van der Waals surface area contributed by atoms with Gasteiger partial charge >= 0.3 is 0 Å². The van der Waals surface area contributed by atoms with Crippen LogP contribution in [0.5, 0.6) is 0 Å². The van der Waals surface area contributed by atoms with Gasteiger partial charge in [-0.25, -0.2) is 5.43 Å². The molecule has 3 rings (SSSR count). The number of aryl methyl sites for hydroxylation is 1. The number of nitrogens with one attached hydrogen (secondary N) is 1. The molecule has 0 aliphatic heterocycles. The van der Waals surface area contributed by atoms with Crippen molar-refractivity contribution in [1.82, 2.24) is 15.0 Å². The lowest BCUT2D eigenvalue weighted by Gasteiger charge is -2.08. The molecule has 3 aromatic rings. The average molecular weight is 377 g/mol. The van der Waals surface area contributed by atoms with E-state index >= 15 is 0 Å². The largest absolute Gasteiger partial charge is 0.316 e. The van der Waals surface area contributed by atoms with Crippen molar-refractivity contribution >= 4 is 17.8 Å². The maximum absolute atomic E-state index is 12.1. The first kappa shape index (κ1) is 19.0. The number of nitro groups is 1. The molecule has 0 saturated heterocycles. The molecule has 1 N–H and O–H groups in total. The van der Waals surface area contributed by atoms with Gasteiger partial charge in [0, 0.05) is 34.8 Å². The van der Waals surface area contributed by atoms with Gasteiger partial charge in [0.1, 0.15) is 0 Å². The van der Waals surface area contributed by atoms with E-state index in [0.29, 0.717) is 5.56 Å². The van der Waals surface area contributed by atoms with E-state index in [-0.39, 0.29) is 12.1 Å². The summed E-state index contributed by atoms with van der Waals surface area (Å²) in [6.45, 7) is 3.93. The maximum Gasteiger partial charge on any atom is 0.273 e. The molecule has 2 aromatic heterocycles. The molecule has 8 nitrogen and oxygen atoms in total. The molecule has 2 heterocycles. The SMILES string of the molecule is Cc1cc(/C=N/NC(=O)Cc2ccccc2[N+](=O)[O-])c(C)n1-c1cccnc1. The molecule has 0 aliphatic carbocycles. The number of nitro benzene ring substituents is 1. The number of carbonyl (C=O) groups excluding carboxylic acids is 1. The number of aromatic nitrogens is 2. The van der Waals surface area contributed by atoms with Crippen LogP contribution in [-0.4, -0.2) is 26.6 Å². The fourth-order valence-corrected chi connectivity index (χ4v) is 3.03. The summed E-state index contributed by atoms with van der Waals surface area (Å²) in [5.74, 6) is -0.424. The molecule has 28 heavy (non-hydrogen) atoms. The van der Waals surface area contributed by atoms with Crippen molar-refractivity contribution in [3.63, 3.8) is 0 Å². The summed E-state index contributed by atoms with van der Waals surface area (Å²) in [6.07, 6.45) is 4.93. The number of nitrogens with zero attached hydrogens (tertiary/aromatic N) is 4. The van der Waals surface area contributed by atoms with Crippen molar-refractivity contribution in [2.45, 2.75) is 20.3 Å². The molecule has 8 heteroatoms. The predicted octanol–water partition coefficient (Wildman–Crippen LogP) is 3.09. The van der Waals surface area contributed by atoms with Crippen molar-refractivity contribution in [3.8, 4) is 5.69 Å². The summed E-state index contributed by atoms with van der Waals surface area (Å²) < 4.78 is 2.05. The van der Waals surface area contributed by atoms with Crippen molar-refractivity contribution in [2.75, 3.05) is 0 Å². The summed E-state index contributed by atoms with van der Waals surface area (Å²) in [4.78, 5) is 26.8. The number of hydrogen-bond acceptors (Lipinski definition) is 5. The van der Waals surface area contributed by atoms with Gasteiger partial charge in [0.05, 0.1) is 29.4 Å². The molecular weight excluding hydrogens is 358 g/mol. The van der Waals surface area contributed by atoms with E-state index in [2.05, 4.69) is 15.5 Å². The van der Waals surface area contributed by atoms with E-state index in [9.17, 15) is 14.9 Å². The lowest BCUT2D eigenvalue weighted by Crippen LogP contribution is -2.20. The number of para-hydroxylation sites is 1. The second kappa shape index (κ2) is 8.26. The van der Waals surface area contributed by atoms with Crippen LogP contribution < -0.4 is 5.43 Å². The van der Waals surface area contributed by atoms with Crippen molar-refractivity contribution in [3.05, 3.63) is 87.5 Å². The Labute approximate surface area is 161 Å². The first-order chi connectivity index (χ1) is 13.5. The third-order valence-corrected chi connectivity index (χ3v) is 4.31. The maximum atomic E-state index is 12.1. The summed E-state index contributed by atoms with van der Waals surface area (Å²) in [6, 6.07) is 11.9. The number of amides is 1. The normalized spacial score (nSPS) is 10.9. The minimum absolute atomic E-state index is 0.0818. The molecule has 0 atom stereocenters. The Bertz CT molecular complexity index is 1040. The van der Waals surface area contributed by atoms with Gasteiger partial charge in [0.15, 0.2) is 0 Å². The Balaban J connectivity index is 1.70. The molecule has 1 aromatic carbocycles. The minimum atomic E-state index is -0.501. The van der Waals surface area contributed by atoms with Crippen LogP contribution in [0, 0.1) is 24.0 Å². The molecule has 1 amide bonds. The highest BCUT2D eigenvalue weighted by molar-refractivity contribution is 5.85. The van der Waals surface area contributed by atoms with Gasteiger partial charge in [0.25, 0.3) is 5.69 Å². The van der Waals surface area contributed by atoms with Crippen LogP contribution in [0.15, 0.2) is 60.0 Å². The lowest BCUT2D eigenvalue weighted by atomic mass is 10.1. The predicted molar refractivity (Wildman–Crippen MR) is 106 cm³/mol. The first-order valence-corrected chi connectivity index (χ1v) is 8.61. The topological polar surface area (TPSA) is 102 Å². The van der Waals surface area contributed by atoms with Gasteiger partial charge in [-0.3, -0.25) is 19.9 Å². The van der Waals surface area contributed by atoms with Gasteiger partial charge < -0.3 is 4.57 Å². The highest BCUT2D eigenvalue weighted by atomic mass is 16.6. The molecule has 0 saturated carbocycles. The smallest absolute Gasteiger partial charge is 0.273 e. The van der Waals surface area contributed by atoms with E-state index in [4.69, 9.17) is 0 Å². The molecule has 0 radical (unpaired) electrons. The van der Waals surface area contributed by atoms with Crippen LogP contribution in [0.1, 0.15) is 22.5 Å². The number of hydrogen-bond donors (Lipinski definition) is 1. The van der Waals surface area contributed by atoms with Gasteiger partial charge in [-0.2, -0.15) is 5.10 Å². The number of carbonyl (C=O) groups is 1. The van der Waals surface area contributed by atoms with E-state index in [1.54, 1.807) is 36.8 Å². The highest BCUT2D eigenvalue weighted by Crippen LogP contribution is 2.19. The fraction of sp³-hybridized carbons (Fsp3) is 0.150. The second-order valence-corrected chi connectivity index (χ2v) is 6.23. The molecule has 0 fully saturated rings. The summed E-state index contributed by atoms with van der Waals surface area (Å²) in [7, 11) is 0. The molecule has 0 unspecified atom stereocenters. The Kier molecular flexibility index (Phi) is 5.59. The van der Waals surface area contributed by atoms with Crippen LogP contribution in [0.4, 0.5) is 5.69 Å².